The first-order valence-corrected chi connectivity index (χ1v) is 3.99. The number of aromatic nitrogens is 1. The fourth-order valence-corrected chi connectivity index (χ4v) is 0.958. The average molecular weight is 219 g/mol. The number of rotatable bonds is 2. The van der Waals surface area contributed by atoms with Crippen LogP contribution in [0, 0.1) is 0 Å². The van der Waals surface area contributed by atoms with Crippen molar-refractivity contribution in [3.8, 4) is 5.88 Å². The summed E-state index contributed by atoms with van der Waals surface area (Å²) in [7, 11) is 1.19. The van der Waals surface area contributed by atoms with Gasteiger partial charge in [0.25, 0.3) is 0 Å². The van der Waals surface area contributed by atoms with E-state index in [2.05, 4.69) is 9.72 Å². The van der Waals surface area contributed by atoms with Crippen molar-refractivity contribution < 1.29 is 22.7 Å². The number of Topliss-reactive ketones (excluding diaryl/α,β-unsaturated/α-hetero) is 1. The van der Waals surface area contributed by atoms with Gasteiger partial charge < -0.3 is 4.74 Å². The molecule has 1 heterocycles. The third kappa shape index (κ3) is 2.68. The molecule has 0 radical (unpaired) electrons. The van der Waals surface area contributed by atoms with E-state index in [-0.39, 0.29) is 11.4 Å². The normalized spacial score (nSPS) is 11.3. The first-order valence-electron chi connectivity index (χ1n) is 3.99. The maximum atomic E-state index is 12.3. The summed E-state index contributed by atoms with van der Waals surface area (Å²) in [4.78, 5) is 14.1. The van der Waals surface area contributed by atoms with Gasteiger partial charge in [-0.15, -0.1) is 0 Å². The quantitative estimate of drug-likeness (QED) is 0.716. The smallest absolute Gasteiger partial charge is 0.433 e. The zero-order chi connectivity index (χ0) is 11.6. The summed E-state index contributed by atoms with van der Waals surface area (Å²) in [5.41, 5.74) is -1.21. The SMILES string of the molecule is COc1cc(C(C)=O)cc(C(F)(F)F)n1. The summed E-state index contributed by atoms with van der Waals surface area (Å²) < 4.78 is 41.5. The third-order valence-electron chi connectivity index (χ3n) is 1.71. The Morgan fingerprint density at radius 2 is 2.00 bits per heavy atom. The minimum absolute atomic E-state index is 0.0748. The summed E-state index contributed by atoms with van der Waals surface area (Å²) in [6.07, 6.45) is -4.58. The van der Waals surface area contributed by atoms with Gasteiger partial charge in [0, 0.05) is 11.6 Å². The van der Waals surface area contributed by atoms with Gasteiger partial charge >= 0.3 is 6.18 Å². The van der Waals surface area contributed by atoms with Gasteiger partial charge in [0.1, 0.15) is 5.69 Å². The van der Waals surface area contributed by atoms with E-state index in [0.29, 0.717) is 6.07 Å². The van der Waals surface area contributed by atoms with Crippen LogP contribution in [0.1, 0.15) is 23.0 Å². The molecule has 0 aliphatic carbocycles. The Hall–Kier alpha value is -1.59. The molecule has 1 aromatic rings. The number of carbonyl (C=O) groups is 1. The molecule has 3 nitrogen and oxygen atoms in total. The Morgan fingerprint density at radius 3 is 2.40 bits per heavy atom. The largest absolute Gasteiger partial charge is 0.481 e. The number of pyridine rings is 1. The molecule has 1 aromatic heterocycles. The Balaban J connectivity index is 3.30. The number of nitrogens with zero attached hydrogens (tertiary/aromatic N) is 1. The molecular formula is C9H8F3NO2. The monoisotopic (exact) mass is 219 g/mol. The minimum Gasteiger partial charge on any atom is -0.481 e. The second-order valence-corrected chi connectivity index (χ2v) is 2.84. The van der Waals surface area contributed by atoms with Crippen molar-refractivity contribution in [1.29, 1.82) is 0 Å². The van der Waals surface area contributed by atoms with E-state index in [4.69, 9.17) is 0 Å². The number of carbonyl (C=O) groups excluding carboxylic acids is 1. The fourth-order valence-electron chi connectivity index (χ4n) is 0.958. The Bertz CT molecular complexity index is 387. The Labute approximate surface area is 83.9 Å². The second-order valence-electron chi connectivity index (χ2n) is 2.84. The Kier molecular flexibility index (Phi) is 2.97. The molecule has 1 rings (SSSR count). The van der Waals surface area contributed by atoms with E-state index >= 15 is 0 Å². The van der Waals surface area contributed by atoms with Crippen LogP contribution in [0.15, 0.2) is 12.1 Å². The molecule has 0 saturated heterocycles. The van der Waals surface area contributed by atoms with Gasteiger partial charge in [-0.1, -0.05) is 0 Å². The van der Waals surface area contributed by atoms with Crippen LogP contribution in [0.5, 0.6) is 5.88 Å². The van der Waals surface area contributed by atoms with Crippen LogP contribution in [0.25, 0.3) is 0 Å². The number of methoxy groups -OCH3 is 1. The van der Waals surface area contributed by atoms with Crippen LogP contribution < -0.4 is 4.74 Å². The Morgan fingerprint density at radius 1 is 1.40 bits per heavy atom. The topological polar surface area (TPSA) is 39.2 Å². The molecule has 0 bridgehead atoms. The lowest BCUT2D eigenvalue weighted by molar-refractivity contribution is -0.141. The van der Waals surface area contributed by atoms with Crippen LogP contribution in [-0.2, 0) is 6.18 Å². The molecule has 0 spiro atoms. The summed E-state index contributed by atoms with van der Waals surface area (Å²) in [6.45, 7) is 1.18. The lowest BCUT2D eigenvalue weighted by atomic mass is 10.1. The van der Waals surface area contributed by atoms with E-state index in [1.165, 1.54) is 14.0 Å². The van der Waals surface area contributed by atoms with Gasteiger partial charge in [0.05, 0.1) is 7.11 Å². The first kappa shape index (κ1) is 11.5. The van der Waals surface area contributed by atoms with Crippen molar-refractivity contribution in [2.45, 2.75) is 13.1 Å². The summed E-state index contributed by atoms with van der Waals surface area (Å²) in [5.74, 6) is -0.698. The van der Waals surface area contributed by atoms with Gasteiger partial charge in [0.2, 0.25) is 5.88 Å². The van der Waals surface area contributed by atoms with Crippen LogP contribution in [-0.4, -0.2) is 17.9 Å². The molecule has 82 valence electrons. The van der Waals surface area contributed by atoms with Gasteiger partial charge in [-0.2, -0.15) is 13.2 Å². The third-order valence-corrected chi connectivity index (χ3v) is 1.71. The van der Waals surface area contributed by atoms with Gasteiger partial charge in [-0.25, -0.2) is 4.98 Å². The predicted molar refractivity (Wildman–Crippen MR) is 45.8 cm³/mol. The highest BCUT2D eigenvalue weighted by atomic mass is 19.4. The number of ketones is 1. The number of hydrogen-bond acceptors (Lipinski definition) is 3. The molecule has 0 fully saturated rings. The van der Waals surface area contributed by atoms with Crippen molar-refractivity contribution in [2.24, 2.45) is 0 Å². The van der Waals surface area contributed by atoms with Crippen LogP contribution in [0.4, 0.5) is 13.2 Å². The van der Waals surface area contributed by atoms with E-state index in [1.54, 1.807) is 0 Å². The number of alkyl halides is 3. The minimum atomic E-state index is -4.58. The molecule has 0 atom stereocenters. The van der Waals surface area contributed by atoms with Crippen molar-refractivity contribution >= 4 is 5.78 Å². The van der Waals surface area contributed by atoms with Crippen LogP contribution in [0.2, 0.25) is 0 Å². The summed E-state index contributed by atoms with van der Waals surface area (Å²) >= 11 is 0. The van der Waals surface area contributed by atoms with Crippen molar-refractivity contribution in [3.63, 3.8) is 0 Å². The van der Waals surface area contributed by atoms with Crippen molar-refractivity contribution in [2.75, 3.05) is 7.11 Å². The number of halogens is 3. The highest BCUT2D eigenvalue weighted by molar-refractivity contribution is 5.94. The highest BCUT2D eigenvalue weighted by Gasteiger charge is 2.33. The molecular weight excluding hydrogens is 211 g/mol. The molecule has 0 unspecified atom stereocenters. The van der Waals surface area contributed by atoms with E-state index in [0.717, 1.165) is 6.07 Å². The van der Waals surface area contributed by atoms with E-state index in [9.17, 15) is 18.0 Å². The molecule has 0 aliphatic heterocycles. The van der Waals surface area contributed by atoms with Crippen LogP contribution in [0.3, 0.4) is 0 Å². The summed E-state index contributed by atoms with van der Waals surface area (Å²) in [6, 6.07) is 1.86. The zero-order valence-corrected chi connectivity index (χ0v) is 8.05. The van der Waals surface area contributed by atoms with Crippen LogP contribution >= 0.6 is 0 Å². The van der Waals surface area contributed by atoms with Gasteiger partial charge in [-0.05, 0) is 13.0 Å². The maximum Gasteiger partial charge on any atom is 0.433 e. The molecule has 0 saturated carbocycles. The average Bonchev–Trinajstić information content (AvgIpc) is 2.15. The number of hydrogen-bond donors (Lipinski definition) is 0. The number of ether oxygens (including phenoxy) is 1. The molecule has 0 amide bonds. The fraction of sp³-hybridized carbons (Fsp3) is 0.333. The molecule has 0 N–H and O–H groups in total. The van der Waals surface area contributed by atoms with Crippen molar-refractivity contribution in [3.05, 3.63) is 23.4 Å². The van der Waals surface area contributed by atoms with E-state index in [1.807, 2.05) is 0 Å². The lowest BCUT2D eigenvalue weighted by Crippen LogP contribution is -2.10. The highest BCUT2D eigenvalue weighted by Crippen LogP contribution is 2.29. The molecule has 15 heavy (non-hydrogen) atoms. The second kappa shape index (κ2) is 3.88. The van der Waals surface area contributed by atoms with Crippen molar-refractivity contribution in [1.82, 2.24) is 4.98 Å². The van der Waals surface area contributed by atoms with Gasteiger partial charge in [0.15, 0.2) is 5.78 Å². The predicted octanol–water partition coefficient (Wildman–Crippen LogP) is 2.31. The first-order chi connectivity index (χ1) is 6.84. The summed E-state index contributed by atoms with van der Waals surface area (Å²) in [5, 5.41) is 0. The van der Waals surface area contributed by atoms with Gasteiger partial charge in [-0.3, -0.25) is 4.79 Å². The lowest BCUT2D eigenvalue weighted by Gasteiger charge is -2.08. The molecule has 0 aliphatic rings. The standard InChI is InChI=1S/C9H8F3NO2/c1-5(14)6-3-7(9(10,11)12)13-8(4-6)15-2/h3-4H,1-2H3. The molecule has 6 heteroatoms. The van der Waals surface area contributed by atoms with E-state index < -0.39 is 17.7 Å². The zero-order valence-electron chi connectivity index (χ0n) is 8.05. The maximum absolute atomic E-state index is 12.3. The molecule has 0 aromatic carbocycles.